The predicted molar refractivity (Wildman–Crippen MR) is 91.1 cm³/mol. The highest BCUT2D eigenvalue weighted by atomic mass is 19.1. The van der Waals surface area contributed by atoms with E-state index in [2.05, 4.69) is 10.1 Å². The normalized spacial score (nSPS) is 14.2. The van der Waals surface area contributed by atoms with Gasteiger partial charge in [0.05, 0.1) is 19.6 Å². The summed E-state index contributed by atoms with van der Waals surface area (Å²) < 4.78 is 31.0. The number of nitrogens with one attached hydrogen (secondary N) is 1. The monoisotopic (exact) mass is 370 g/mol. The first kappa shape index (κ1) is 21.7. The third-order valence-corrected chi connectivity index (χ3v) is 3.97. The molecule has 3 N–H and O–H groups in total. The van der Waals surface area contributed by atoms with E-state index in [1.54, 1.807) is 0 Å². The number of amides is 1. The van der Waals surface area contributed by atoms with Crippen molar-refractivity contribution < 1.29 is 27.9 Å². The molecule has 0 aliphatic heterocycles. The van der Waals surface area contributed by atoms with Gasteiger partial charge in [-0.1, -0.05) is 19.8 Å². The van der Waals surface area contributed by atoms with Crippen LogP contribution in [0.15, 0.2) is 18.2 Å². The Morgan fingerprint density at radius 3 is 2.31 bits per heavy atom. The Morgan fingerprint density at radius 1 is 1.23 bits per heavy atom. The number of Topliss-reactive ketones (excluding diaryl/α,β-unsaturated/α-hetero) is 1. The lowest BCUT2D eigenvalue weighted by atomic mass is 9.85. The van der Waals surface area contributed by atoms with Crippen molar-refractivity contribution in [2.45, 2.75) is 51.1 Å². The topological polar surface area (TPSA) is 98.5 Å². The van der Waals surface area contributed by atoms with E-state index in [-0.39, 0.29) is 18.4 Å². The number of hydrogen-bond acceptors (Lipinski definition) is 5. The van der Waals surface area contributed by atoms with Gasteiger partial charge in [-0.05, 0) is 31.0 Å². The van der Waals surface area contributed by atoms with Crippen LogP contribution in [0.5, 0.6) is 0 Å². The highest BCUT2D eigenvalue weighted by Crippen LogP contribution is 2.17. The highest BCUT2D eigenvalue weighted by molar-refractivity contribution is 6.11. The van der Waals surface area contributed by atoms with E-state index < -0.39 is 40.9 Å². The fraction of sp³-hybridized carbons (Fsp3) is 0.500. The molecule has 0 saturated carbocycles. The molecule has 0 aromatic heterocycles. The van der Waals surface area contributed by atoms with Crippen molar-refractivity contribution in [3.8, 4) is 0 Å². The zero-order chi connectivity index (χ0) is 19.9. The molecule has 1 amide bonds. The number of hydrogen-bond donors (Lipinski definition) is 2. The van der Waals surface area contributed by atoms with Crippen LogP contribution in [0.4, 0.5) is 8.78 Å². The van der Waals surface area contributed by atoms with Crippen molar-refractivity contribution in [2.24, 2.45) is 5.73 Å². The van der Waals surface area contributed by atoms with Crippen molar-refractivity contribution in [3.05, 3.63) is 35.4 Å². The summed E-state index contributed by atoms with van der Waals surface area (Å²) in [5.74, 6) is -3.79. The molecule has 0 fully saturated rings. The molecule has 1 aromatic carbocycles. The number of ketones is 1. The summed E-state index contributed by atoms with van der Waals surface area (Å²) >= 11 is 0. The van der Waals surface area contributed by atoms with Crippen molar-refractivity contribution in [3.63, 3.8) is 0 Å². The van der Waals surface area contributed by atoms with E-state index in [9.17, 15) is 23.2 Å². The van der Waals surface area contributed by atoms with Crippen molar-refractivity contribution in [2.75, 3.05) is 7.11 Å². The molecule has 1 aromatic rings. The summed E-state index contributed by atoms with van der Waals surface area (Å²) in [5.41, 5.74) is 4.24. The molecule has 0 aliphatic carbocycles. The summed E-state index contributed by atoms with van der Waals surface area (Å²) in [6.45, 7) is 3.27. The van der Waals surface area contributed by atoms with Gasteiger partial charge in [-0.3, -0.25) is 9.59 Å². The third kappa shape index (κ3) is 5.59. The number of unbranched alkanes of at least 4 members (excludes halogenated alkanes) is 1. The fourth-order valence-electron chi connectivity index (χ4n) is 2.61. The Morgan fingerprint density at radius 2 is 1.81 bits per heavy atom. The van der Waals surface area contributed by atoms with Crippen molar-refractivity contribution >= 4 is 17.7 Å². The first-order chi connectivity index (χ1) is 12.1. The Kier molecular flexibility index (Phi) is 7.82. The number of methoxy groups -OCH3 is 1. The number of benzene rings is 1. The van der Waals surface area contributed by atoms with Gasteiger partial charge in [-0.25, -0.2) is 13.6 Å². The second-order valence-electron chi connectivity index (χ2n) is 6.17. The number of esters is 1. The number of rotatable bonds is 9. The molecule has 0 spiro atoms. The zero-order valence-electron chi connectivity index (χ0n) is 15.1. The van der Waals surface area contributed by atoms with Gasteiger partial charge in [0.1, 0.15) is 11.6 Å². The second kappa shape index (κ2) is 9.38. The maximum atomic E-state index is 13.2. The number of ether oxygens (including phenoxy) is 1. The van der Waals surface area contributed by atoms with Crippen LogP contribution in [-0.4, -0.2) is 36.4 Å². The molecule has 0 aliphatic rings. The molecule has 0 bridgehead atoms. The minimum Gasteiger partial charge on any atom is -0.467 e. The highest BCUT2D eigenvalue weighted by Gasteiger charge is 2.44. The lowest BCUT2D eigenvalue weighted by Gasteiger charge is -2.28. The Bertz CT molecular complexity index is 661. The third-order valence-electron chi connectivity index (χ3n) is 3.97. The van der Waals surface area contributed by atoms with Crippen LogP contribution in [0.1, 0.15) is 38.7 Å². The molecule has 0 unspecified atom stereocenters. The lowest BCUT2D eigenvalue weighted by Crippen LogP contribution is -2.61. The fourth-order valence-corrected chi connectivity index (χ4v) is 2.61. The van der Waals surface area contributed by atoms with Crippen LogP contribution in [0, 0.1) is 11.6 Å². The summed E-state index contributed by atoms with van der Waals surface area (Å²) in [4.78, 5) is 36.6. The predicted octanol–water partition coefficient (Wildman–Crippen LogP) is 1.64. The van der Waals surface area contributed by atoms with E-state index in [0.29, 0.717) is 12.5 Å². The lowest BCUT2D eigenvalue weighted by molar-refractivity contribution is -0.152. The molecule has 1 rings (SSSR count). The Balaban J connectivity index is 2.82. The quantitative estimate of drug-likeness (QED) is 0.509. The van der Waals surface area contributed by atoms with E-state index >= 15 is 0 Å². The van der Waals surface area contributed by atoms with E-state index in [0.717, 1.165) is 25.7 Å². The molecule has 0 heterocycles. The van der Waals surface area contributed by atoms with Crippen LogP contribution in [-0.2, 0) is 25.5 Å². The summed E-state index contributed by atoms with van der Waals surface area (Å²) in [5, 5.41) is 2.41. The van der Waals surface area contributed by atoms with Gasteiger partial charge in [0, 0.05) is 6.07 Å². The van der Waals surface area contributed by atoms with Crippen molar-refractivity contribution in [1.82, 2.24) is 5.32 Å². The van der Waals surface area contributed by atoms with Gasteiger partial charge in [-0.2, -0.15) is 0 Å². The largest absolute Gasteiger partial charge is 0.467 e. The van der Waals surface area contributed by atoms with Gasteiger partial charge in [0.2, 0.25) is 5.91 Å². The summed E-state index contributed by atoms with van der Waals surface area (Å²) in [6, 6.07) is 1.68. The molecule has 0 radical (unpaired) electrons. The molecular formula is C18H24F2N2O4. The van der Waals surface area contributed by atoms with Gasteiger partial charge in [0.25, 0.3) is 0 Å². The van der Waals surface area contributed by atoms with Crippen LogP contribution < -0.4 is 11.1 Å². The molecule has 26 heavy (non-hydrogen) atoms. The molecule has 0 saturated heterocycles. The van der Waals surface area contributed by atoms with Gasteiger partial charge in [0.15, 0.2) is 11.3 Å². The minimum absolute atomic E-state index is 0.0876. The summed E-state index contributed by atoms with van der Waals surface area (Å²) in [7, 11) is 1.13. The SMILES string of the molecule is CCCC[C@@](N)(C(=O)OC)C(=O)[C@H](C)NC(=O)Cc1cc(F)cc(F)c1. The number of nitrogens with two attached hydrogens (primary N) is 1. The molecular weight excluding hydrogens is 346 g/mol. The molecule has 144 valence electrons. The number of carbonyl (C=O) groups excluding carboxylic acids is 3. The average molecular weight is 370 g/mol. The maximum Gasteiger partial charge on any atom is 0.333 e. The van der Waals surface area contributed by atoms with Crippen LogP contribution >= 0.6 is 0 Å². The van der Waals surface area contributed by atoms with Crippen LogP contribution in [0.2, 0.25) is 0 Å². The zero-order valence-corrected chi connectivity index (χ0v) is 15.1. The molecule has 6 nitrogen and oxygen atoms in total. The standard InChI is InChI=1S/C18H24F2N2O4/c1-4-5-6-18(21,17(25)26-3)16(24)11(2)22-15(23)9-12-7-13(19)10-14(20)8-12/h7-8,10-11H,4-6,9,21H2,1-3H3,(H,22,23)/t11-,18-/m0/s1. The van der Waals surface area contributed by atoms with Crippen molar-refractivity contribution in [1.29, 1.82) is 0 Å². The van der Waals surface area contributed by atoms with E-state index in [4.69, 9.17) is 5.73 Å². The van der Waals surface area contributed by atoms with Gasteiger partial charge >= 0.3 is 5.97 Å². The van der Waals surface area contributed by atoms with E-state index in [1.165, 1.54) is 6.92 Å². The maximum absolute atomic E-state index is 13.2. The molecule has 2 atom stereocenters. The first-order valence-corrected chi connectivity index (χ1v) is 8.30. The average Bonchev–Trinajstić information content (AvgIpc) is 2.56. The Hall–Kier alpha value is -2.35. The number of halogens is 2. The van der Waals surface area contributed by atoms with Gasteiger partial charge in [-0.15, -0.1) is 0 Å². The summed E-state index contributed by atoms with van der Waals surface area (Å²) in [6.07, 6.45) is 1.01. The van der Waals surface area contributed by atoms with E-state index in [1.807, 2.05) is 6.92 Å². The van der Waals surface area contributed by atoms with Gasteiger partial charge < -0.3 is 15.8 Å². The van der Waals surface area contributed by atoms with Crippen LogP contribution in [0.25, 0.3) is 0 Å². The van der Waals surface area contributed by atoms with Crippen LogP contribution in [0.3, 0.4) is 0 Å². The first-order valence-electron chi connectivity index (χ1n) is 8.30. The smallest absolute Gasteiger partial charge is 0.333 e. The second-order valence-corrected chi connectivity index (χ2v) is 6.17. The Labute approximate surface area is 151 Å². The minimum atomic E-state index is -1.86. The number of carbonyl (C=O) groups is 3. The molecule has 8 heteroatoms.